The molecule has 0 aliphatic rings. The smallest absolute Gasteiger partial charge is 0.255 e. The van der Waals surface area contributed by atoms with Gasteiger partial charge < -0.3 is 14.2 Å². The van der Waals surface area contributed by atoms with Crippen LogP contribution in [0.4, 0.5) is 4.39 Å². The van der Waals surface area contributed by atoms with Crippen molar-refractivity contribution in [3.8, 4) is 0 Å². The van der Waals surface area contributed by atoms with Crippen LogP contribution in [0.1, 0.15) is 28.0 Å². The lowest BCUT2D eigenvalue weighted by Crippen LogP contribution is -2.33. The lowest BCUT2D eigenvalue weighted by molar-refractivity contribution is 0.0719. The number of carbonyl (C=O) groups is 1. The Kier molecular flexibility index (Phi) is 7.61. The van der Waals surface area contributed by atoms with E-state index in [0.29, 0.717) is 31.8 Å². The van der Waals surface area contributed by atoms with E-state index in [1.165, 1.54) is 12.1 Å². The molecule has 6 heteroatoms. The zero-order valence-corrected chi connectivity index (χ0v) is 17.9. The molecule has 0 saturated heterocycles. The van der Waals surface area contributed by atoms with Gasteiger partial charge in [0.2, 0.25) is 0 Å². The lowest BCUT2D eigenvalue weighted by atomic mass is 10.2. The first-order valence-corrected chi connectivity index (χ1v) is 10.3. The number of nitrogens with zero attached hydrogens (tertiary/aromatic N) is 2. The minimum Gasteiger partial charge on any atom is -0.385 e. The number of carbonyl (C=O) groups excluding carboxylic acids is 1. The van der Waals surface area contributed by atoms with Crippen LogP contribution in [0.5, 0.6) is 0 Å². The summed E-state index contributed by atoms with van der Waals surface area (Å²) in [6.07, 6.45) is 2.74. The lowest BCUT2D eigenvalue weighted by Gasteiger charge is -2.24. The Morgan fingerprint density at radius 2 is 1.86 bits per heavy atom. The van der Waals surface area contributed by atoms with Crippen LogP contribution >= 0.6 is 15.9 Å². The minimum atomic E-state index is -0.246. The van der Waals surface area contributed by atoms with Crippen LogP contribution in [0.15, 0.2) is 71.3 Å². The van der Waals surface area contributed by atoms with Gasteiger partial charge in [-0.3, -0.25) is 4.79 Å². The van der Waals surface area contributed by atoms with Gasteiger partial charge in [0.15, 0.2) is 0 Å². The first-order chi connectivity index (χ1) is 14.1. The number of aromatic nitrogens is 1. The van der Waals surface area contributed by atoms with Crippen molar-refractivity contribution in [2.75, 3.05) is 20.3 Å². The molecule has 0 bridgehead atoms. The highest BCUT2D eigenvalue weighted by atomic mass is 79.9. The fraction of sp³-hybridized carbons (Fsp3) is 0.261. The van der Waals surface area contributed by atoms with Crippen LogP contribution < -0.4 is 0 Å². The van der Waals surface area contributed by atoms with E-state index in [4.69, 9.17) is 4.74 Å². The third-order valence-corrected chi connectivity index (χ3v) is 5.40. The van der Waals surface area contributed by atoms with Gasteiger partial charge in [0.25, 0.3) is 5.91 Å². The molecule has 0 atom stereocenters. The maximum Gasteiger partial charge on any atom is 0.255 e. The van der Waals surface area contributed by atoms with Gasteiger partial charge in [-0.1, -0.05) is 24.3 Å². The van der Waals surface area contributed by atoms with E-state index in [0.717, 1.165) is 22.2 Å². The van der Waals surface area contributed by atoms with E-state index < -0.39 is 0 Å². The first kappa shape index (κ1) is 21.3. The third-order valence-electron chi connectivity index (χ3n) is 4.71. The topological polar surface area (TPSA) is 34.5 Å². The maximum atomic E-state index is 13.2. The van der Waals surface area contributed by atoms with Crippen molar-refractivity contribution in [2.24, 2.45) is 0 Å². The van der Waals surface area contributed by atoms with E-state index in [1.807, 2.05) is 47.5 Å². The first-order valence-electron chi connectivity index (χ1n) is 9.49. The molecule has 0 N–H and O–H groups in total. The molecule has 1 aromatic heterocycles. The molecule has 1 amide bonds. The second kappa shape index (κ2) is 10.4. The summed E-state index contributed by atoms with van der Waals surface area (Å²) in [7, 11) is 1.66. The molecule has 4 nitrogen and oxygen atoms in total. The van der Waals surface area contributed by atoms with Crippen molar-refractivity contribution in [3.05, 3.63) is 94.0 Å². The Morgan fingerprint density at radius 1 is 1.10 bits per heavy atom. The minimum absolute atomic E-state index is 0.0249. The SMILES string of the molecule is COCCCN(Cc1cccn1Cc1ccc(F)cc1)C(=O)c1ccccc1Br. The van der Waals surface area contributed by atoms with Gasteiger partial charge in [0.05, 0.1) is 12.1 Å². The van der Waals surface area contributed by atoms with E-state index in [2.05, 4.69) is 20.5 Å². The number of benzene rings is 2. The van der Waals surface area contributed by atoms with Gasteiger partial charge in [-0.25, -0.2) is 4.39 Å². The highest BCUT2D eigenvalue weighted by molar-refractivity contribution is 9.10. The van der Waals surface area contributed by atoms with Gasteiger partial charge in [0, 0.05) is 43.2 Å². The van der Waals surface area contributed by atoms with Gasteiger partial charge in [-0.2, -0.15) is 0 Å². The van der Waals surface area contributed by atoms with Crippen LogP contribution in [0.3, 0.4) is 0 Å². The molecule has 3 aromatic rings. The Hall–Kier alpha value is -2.44. The molecule has 29 heavy (non-hydrogen) atoms. The number of amides is 1. The average molecular weight is 459 g/mol. The largest absolute Gasteiger partial charge is 0.385 e. The molecular weight excluding hydrogens is 435 g/mol. The maximum absolute atomic E-state index is 13.2. The van der Waals surface area contributed by atoms with Crippen LogP contribution in [-0.2, 0) is 17.8 Å². The second-order valence-electron chi connectivity index (χ2n) is 6.81. The number of methoxy groups -OCH3 is 1. The molecule has 0 unspecified atom stereocenters. The zero-order valence-electron chi connectivity index (χ0n) is 16.4. The predicted octanol–water partition coefficient (Wildman–Crippen LogP) is 5.12. The Labute approximate surface area is 179 Å². The molecule has 0 radical (unpaired) electrons. The van der Waals surface area contributed by atoms with E-state index in [-0.39, 0.29) is 11.7 Å². The highest BCUT2D eigenvalue weighted by Crippen LogP contribution is 2.20. The van der Waals surface area contributed by atoms with E-state index >= 15 is 0 Å². The number of ether oxygens (including phenoxy) is 1. The van der Waals surface area contributed by atoms with Gasteiger partial charge >= 0.3 is 0 Å². The molecule has 1 heterocycles. The monoisotopic (exact) mass is 458 g/mol. The van der Waals surface area contributed by atoms with Crippen molar-refractivity contribution >= 4 is 21.8 Å². The molecule has 0 fully saturated rings. The van der Waals surface area contributed by atoms with Crippen LogP contribution in [0, 0.1) is 5.82 Å². The Morgan fingerprint density at radius 3 is 2.59 bits per heavy atom. The molecule has 0 aliphatic heterocycles. The number of hydrogen-bond donors (Lipinski definition) is 0. The Balaban J connectivity index is 1.79. The third kappa shape index (κ3) is 5.78. The van der Waals surface area contributed by atoms with Crippen molar-refractivity contribution in [3.63, 3.8) is 0 Å². The zero-order chi connectivity index (χ0) is 20.6. The highest BCUT2D eigenvalue weighted by Gasteiger charge is 2.19. The summed E-state index contributed by atoms with van der Waals surface area (Å²) in [6, 6.07) is 17.9. The summed E-state index contributed by atoms with van der Waals surface area (Å²) in [5.74, 6) is -0.270. The van der Waals surface area contributed by atoms with Crippen molar-refractivity contribution in [1.82, 2.24) is 9.47 Å². The summed E-state index contributed by atoms with van der Waals surface area (Å²) in [5, 5.41) is 0. The number of rotatable bonds is 9. The quantitative estimate of drug-likeness (QED) is 0.417. The normalized spacial score (nSPS) is 10.9. The van der Waals surface area contributed by atoms with Crippen molar-refractivity contribution in [1.29, 1.82) is 0 Å². The average Bonchev–Trinajstić information content (AvgIpc) is 3.15. The predicted molar refractivity (Wildman–Crippen MR) is 115 cm³/mol. The van der Waals surface area contributed by atoms with Gasteiger partial charge in [-0.15, -0.1) is 0 Å². The standard InChI is InChI=1S/C23H24BrFN2O2/c1-29-15-5-14-27(23(28)21-7-2-3-8-22(21)24)17-20-6-4-13-26(20)16-18-9-11-19(25)12-10-18/h2-4,6-13H,5,14-17H2,1H3. The fourth-order valence-corrected chi connectivity index (χ4v) is 3.64. The summed E-state index contributed by atoms with van der Waals surface area (Å²) in [6.45, 7) is 2.29. The van der Waals surface area contributed by atoms with E-state index in [9.17, 15) is 9.18 Å². The summed E-state index contributed by atoms with van der Waals surface area (Å²) < 4.78 is 21.2. The molecule has 0 aliphatic carbocycles. The van der Waals surface area contributed by atoms with Crippen LogP contribution in [0.2, 0.25) is 0 Å². The van der Waals surface area contributed by atoms with Crippen molar-refractivity contribution in [2.45, 2.75) is 19.5 Å². The molecule has 3 rings (SSSR count). The number of hydrogen-bond acceptors (Lipinski definition) is 2. The van der Waals surface area contributed by atoms with Crippen LogP contribution in [-0.4, -0.2) is 35.6 Å². The van der Waals surface area contributed by atoms with Crippen LogP contribution in [0.25, 0.3) is 0 Å². The second-order valence-corrected chi connectivity index (χ2v) is 7.66. The number of halogens is 2. The molecule has 152 valence electrons. The van der Waals surface area contributed by atoms with Crippen molar-refractivity contribution < 1.29 is 13.9 Å². The molecular formula is C23H24BrFN2O2. The molecule has 0 saturated carbocycles. The summed E-state index contributed by atoms with van der Waals surface area (Å²) in [5.41, 5.74) is 2.67. The summed E-state index contributed by atoms with van der Waals surface area (Å²) >= 11 is 3.48. The molecule has 2 aromatic carbocycles. The Bertz CT molecular complexity index is 940. The van der Waals surface area contributed by atoms with Gasteiger partial charge in [-0.05, 0) is 64.3 Å². The van der Waals surface area contributed by atoms with E-state index in [1.54, 1.807) is 19.2 Å². The summed E-state index contributed by atoms with van der Waals surface area (Å²) in [4.78, 5) is 15.0. The van der Waals surface area contributed by atoms with Gasteiger partial charge in [0.1, 0.15) is 5.82 Å². The fourth-order valence-electron chi connectivity index (χ4n) is 3.19. The molecule has 0 spiro atoms.